The molecule has 0 bridgehead atoms. The zero-order valence-electron chi connectivity index (χ0n) is 19.3. The number of methoxy groups -OCH3 is 3. The lowest BCUT2D eigenvalue weighted by Gasteiger charge is -2.25. The van der Waals surface area contributed by atoms with E-state index >= 15 is 0 Å². The van der Waals surface area contributed by atoms with Crippen LogP contribution in [-0.2, 0) is 16.0 Å². The molecule has 35 heavy (non-hydrogen) atoms. The van der Waals surface area contributed by atoms with Gasteiger partial charge in [0.15, 0.2) is 11.5 Å². The Kier molecular flexibility index (Phi) is 8.90. The summed E-state index contributed by atoms with van der Waals surface area (Å²) >= 11 is -2.59. The quantitative estimate of drug-likeness (QED) is 0.296. The van der Waals surface area contributed by atoms with Crippen LogP contribution in [0.5, 0.6) is 28.7 Å². The van der Waals surface area contributed by atoms with Gasteiger partial charge in [-0.3, -0.25) is 4.55 Å². The highest BCUT2D eigenvalue weighted by atomic mass is 32.2. The smallest absolute Gasteiger partial charge is 0.338 e. The van der Waals surface area contributed by atoms with Gasteiger partial charge in [0.2, 0.25) is 0 Å². The lowest BCUT2D eigenvalue weighted by atomic mass is 10.1. The highest BCUT2D eigenvalue weighted by Gasteiger charge is 2.27. The predicted molar refractivity (Wildman–Crippen MR) is 129 cm³/mol. The van der Waals surface area contributed by atoms with Crippen molar-refractivity contribution in [1.82, 2.24) is 0 Å². The Hall–Kier alpha value is -3.80. The third-order valence-corrected chi connectivity index (χ3v) is 5.47. The van der Waals surface area contributed by atoms with Gasteiger partial charge in [0, 0.05) is 6.07 Å². The van der Waals surface area contributed by atoms with E-state index in [9.17, 15) is 18.7 Å². The van der Waals surface area contributed by atoms with Crippen molar-refractivity contribution in [2.45, 2.75) is 0 Å². The Morgan fingerprint density at radius 2 is 1.63 bits per heavy atom. The van der Waals surface area contributed by atoms with Gasteiger partial charge in [-0.1, -0.05) is 6.07 Å². The molecule has 3 rings (SSSR count). The third-order valence-electron chi connectivity index (χ3n) is 4.75. The van der Waals surface area contributed by atoms with Crippen LogP contribution in [0.1, 0.15) is 10.4 Å². The van der Waals surface area contributed by atoms with E-state index in [-0.39, 0.29) is 36.0 Å². The monoisotopic (exact) mass is 503 g/mol. The molecule has 0 aliphatic heterocycles. The maximum Gasteiger partial charge on any atom is 0.338 e. The number of hydrogen-bond donors (Lipinski definition) is 2. The summed E-state index contributed by atoms with van der Waals surface area (Å²) < 4.78 is 50.9. The van der Waals surface area contributed by atoms with Crippen LogP contribution in [0.3, 0.4) is 0 Å². The average Bonchev–Trinajstić information content (AvgIpc) is 2.88. The van der Waals surface area contributed by atoms with Crippen LogP contribution in [0, 0.1) is 0 Å². The molecule has 1 unspecified atom stereocenters. The first-order valence-electron chi connectivity index (χ1n) is 10.3. The molecule has 0 aliphatic rings. The van der Waals surface area contributed by atoms with Crippen molar-refractivity contribution in [2.24, 2.45) is 0 Å². The van der Waals surface area contributed by atoms with Crippen molar-refractivity contribution >= 4 is 28.6 Å². The second kappa shape index (κ2) is 12.1. The molecule has 0 radical (unpaired) electrons. The molecule has 0 amide bonds. The molecule has 2 N–H and O–H groups in total. The van der Waals surface area contributed by atoms with Gasteiger partial charge in [0.25, 0.3) is 11.3 Å². The van der Waals surface area contributed by atoms with Crippen molar-refractivity contribution in [2.75, 3.05) is 38.8 Å². The van der Waals surface area contributed by atoms with Gasteiger partial charge >= 0.3 is 5.97 Å². The molecule has 0 spiro atoms. The molecule has 10 nitrogen and oxygen atoms in total. The first-order chi connectivity index (χ1) is 16.9. The van der Waals surface area contributed by atoms with Crippen LogP contribution in [0.25, 0.3) is 0 Å². The Labute approximate surface area is 205 Å². The number of rotatable bonds is 11. The zero-order chi connectivity index (χ0) is 25.4. The fourth-order valence-corrected chi connectivity index (χ4v) is 3.76. The highest BCUT2D eigenvalue weighted by molar-refractivity contribution is 7.81. The number of aliphatic hydroxyl groups excluding tert-OH is 1. The van der Waals surface area contributed by atoms with E-state index in [1.807, 2.05) is 0 Å². The van der Waals surface area contributed by atoms with Gasteiger partial charge in [-0.2, -0.15) is 0 Å². The van der Waals surface area contributed by atoms with E-state index in [0.717, 1.165) is 4.31 Å². The topological polar surface area (TPSA) is 124 Å². The van der Waals surface area contributed by atoms with Crippen LogP contribution in [-0.4, -0.2) is 54.4 Å². The summed E-state index contributed by atoms with van der Waals surface area (Å²) in [6, 6.07) is 15.8. The molecule has 11 heteroatoms. The van der Waals surface area contributed by atoms with Crippen molar-refractivity contribution in [1.29, 1.82) is 0 Å². The largest absolute Gasteiger partial charge is 0.497 e. The number of carbonyl (C=O) groups is 1. The summed E-state index contributed by atoms with van der Waals surface area (Å²) in [5.41, 5.74) is 0.379. The number of aliphatic hydroxyl groups is 1. The lowest BCUT2D eigenvalue weighted by molar-refractivity contribution is 0.0600. The fraction of sp³-hybridized carbons (Fsp3) is 0.208. The standard InChI is InChI=1S/C24H25NO9S/c1-30-18-9-7-17(8-10-18)25(35(28)29)21-13-16(24(27)32-3)14-22(33-12-11-26)23(21)34-20-6-4-5-19(15-20)31-2/h4-10,13-15,26H,11-12H2,1-3H3,(H,28,29). The average molecular weight is 504 g/mol. The van der Waals surface area contributed by atoms with E-state index in [2.05, 4.69) is 0 Å². The minimum Gasteiger partial charge on any atom is -0.497 e. The van der Waals surface area contributed by atoms with Crippen molar-refractivity contribution < 1.29 is 42.3 Å². The zero-order valence-corrected chi connectivity index (χ0v) is 20.1. The Bertz CT molecular complexity index is 1180. The molecule has 0 aliphatic carbocycles. The molecule has 0 heterocycles. The highest BCUT2D eigenvalue weighted by Crippen LogP contribution is 2.45. The SMILES string of the molecule is COC(=O)c1cc(OCCO)c(Oc2cccc(OC)c2)c(N(c2ccc(OC)cc2)S(=O)O)c1. The van der Waals surface area contributed by atoms with E-state index < -0.39 is 17.2 Å². The van der Waals surface area contributed by atoms with Crippen LogP contribution in [0.15, 0.2) is 60.7 Å². The van der Waals surface area contributed by atoms with Crippen molar-refractivity contribution in [3.8, 4) is 28.7 Å². The van der Waals surface area contributed by atoms with Crippen LogP contribution < -0.4 is 23.3 Å². The molecule has 0 fully saturated rings. The van der Waals surface area contributed by atoms with Gasteiger partial charge < -0.3 is 28.8 Å². The van der Waals surface area contributed by atoms with E-state index in [4.69, 9.17) is 23.7 Å². The third kappa shape index (κ3) is 6.21. The molecule has 3 aromatic rings. The molecule has 3 aromatic carbocycles. The van der Waals surface area contributed by atoms with Gasteiger partial charge in [-0.25, -0.2) is 13.3 Å². The van der Waals surface area contributed by atoms with Crippen LogP contribution >= 0.6 is 0 Å². The summed E-state index contributed by atoms with van der Waals surface area (Å²) in [5, 5.41) is 9.31. The van der Waals surface area contributed by atoms with Gasteiger partial charge in [0.1, 0.15) is 29.5 Å². The summed E-state index contributed by atoms with van der Waals surface area (Å²) in [7, 11) is 4.22. The molecular weight excluding hydrogens is 478 g/mol. The second-order valence-electron chi connectivity index (χ2n) is 6.89. The van der Waals surface area contributed by atoms with Gasteiger partial charge in [-0.15, -0.1) is 0 Å². The molecule has 0 saturated carbocycles. The summed E-state index contributed by atoms with van der Waals surface area (Å²) in [6.45, 7) is -0.437. The first kappa shape index (κ1) is 25.8. The number of esters is 1. The number of ether oxygens (including phenoxy) is 5. The fourth-order valence-electron chi connectivity index (χ4n) is 3.15. The van der Waals surface area contributed by atoms with E-state index in [1.54, 1.807) is 48.5 Å². The second-order valence-corrected chi connectivity index (χ2v) is 7.72. The van der Waals surface area contributed by atoms with Crippen molar-refractivity contribution in [3.05, 3.63) is 66.2 Å². The normalized spacial score (nSPS) is 11.3. The molecule has 186 valence electrons. The molecule has 1 atom stereocenters. The van der Waals surface area contributed by atoms with E-state index in [0.29, 0.717) is 22.9 Å². The molecule has 0 aromatic heterocycles. The van der Waals surface area contributed by atoms with Crippen LogP contribution in [0.4, 0.5) is 11.4 Å². The first-order valence-corrected chi connectivity index (χ1v) is 11.3. The Balaban J connectivity index is 2.25. The number of benzene rings is 3. The predicted octanol–water partition coefficient (Wildman–Crippen LogP) is 3.93. The van der Waals surface area contributed by atoms with E-state index in [1.165, 1.54) is 33.5 Å². The number of nitrogens with zero attached hydrogens (tertiary/aromatic N) is 1. The maximum atomic E-state index is 12.6. The minimum atomic E-state index is -2.59. The molecular formula is C24H25NO9S. The van der Waals surface area contributed by atoms with Crippen LogP contribution in [0.2, 0.25) is 0 Å². The number of carbonyl (C=O) groups excluding carboxylic acids is 1. The maximum absolute atomic E-state index is 12.6. The summed E-state index contributed by atoms with van der Waals surface area (Å²) in [6.07, 6.45) is 0. The van der Waals surface area contributed by atoms with Gasteiger partial charge in [-0.05, 0) is 48.5 Å². The number of hydrogen-bond acceptors (Lipinski definition) is 8. The Morgan fingerprint density at radius 1 is 0.943 bits per heavy atom. The van der Waals surface area contributed by atoms with Gasteiger partial charge in [0.05, 0.1) is 39.2 Å². The summed E-state index contributed by atoms with van der Waals surface area (Å²) in [4.78, 5) is 12.4. The molecule has 0 saturated heterocycles. The van der Waals surface area contributed by atoms with Crippen molar-refractivity contribution in [3.63, 3.8) is 0 Å². The summed E-state index contributed by atoms with van der Waals surface area (Å²) in [5.74, 6) is 0.766. The number of anilines is 2. The minimum absolute atomic E-state index is 0.0255. The lowest BCUT2D eigenvalue weighted by Crippen LogP contribution is -2.21. The Morgan fingerprint density at radius 3 is 2.23 bits per heavy atom.